The summed E-state index contributed by atoms with van der Waals surface area (Å²) in [6.45, 7) is 11.1. The van der Waals surface area contributed by atoms with Gasteiger partial charge in [-0.15, -0.1) is 0 Å². The first-order valence-electron chi connectivity index (χ1n) is 11.8. The molecule has 0 bridgehead atoms. The molecule has 1 aromatic carbocycles. The number of hydrogen-bond acceptors (Lipinski definition) is 6. The lowest BCUT2D eigenvalue weighted by Gasteiger charge is -2.21. The molecule has 3 rings (SSSR count). The lowest BCUT2D eigenvalue weighted by Crippen LogP contribution is -2.35. The monoisotopic (exact) mass is 498 g/mol. The van der Waals surface area contributed by atoms with Gasteiger partial charge in [0.2, 0.25) is 15.9 Å². The van der Waals surface area contributed by atoms with E-state index in [1.165, 1.54) is 24.0 Å². The summed E-state index contributed by atoms with van der Waals surface area (Å²) in [5.74, 6) is 1.83. The summed E-state index contributed by atoms with van der Waals surface area (Å²) >= 11 is 0. The highest BCUT2D eigenvalue weighted by atomic mass is 32.2. The standard InChI is InChI=1S/C27H38N4O3S/c1-19-13-24(19)17-30(5)20(2)14-23(15-21(3)31(6)35(7,32)33)25-18-34-26(29-25)27(4,28)16-22-11-9-8-10-12-22/h8-12,14-15,18-19,24H,2,13,16-17,28H2,1,3-7H3/b21-15+,23-14+/t19?,24?,27-/m1/s1. The molecule has 7 nitrogen and oxygen atoms in total. The minimum Gasteiger partial charge on any atom is -0.446 e. The molecule has 1 heterocycles. The Balaban J connectivity index is 1.93. The van der Waals surface area contributed by atoms with Gasteiger partial charge in [-0.05, 0) is 56.2 Å². The highest BCUT2D eigenvalue weighted by Gasteiger charge is 2.33. The van der Waals surface area contributed by atoms with Gasteiger partial charge in [0.25, 0.3) is 0 Å². The van der Waals surface area contributed by atoms with Crippen LogP contribution >= 0.6 is 0 Å². The highest BCUT2D eigenvalue weighted by molar-refractivity contribution is 7.88. The summed E-state index contributed by atoms with van der Waals surface area (Å²) in [7, 11) is 0.147. The molecule has 0 radical (unpaired) electrons. The molecule has 1 aliphatic rings. The Morgan fingerprint density at radius 2 is 1.91 bits per heavy atom. The molecule has 8 heteroatoms. The van der Waals surface area contributed by atoms with Gasteiger partial charge in [0.1, 0.15) is 12.0 Å². The second-order valence-corrected chi connectivity index (χ2v) is 12.1. The van der Waals surface area contributed by atoms with E-state index in [-0.39, 0.29) is 0 Å². The number of aromatic nitrogens is 1. The fourth-order valence-corrected chi connectivity index (χ4v) is 4.52. The molecular weight excluding hydrogens is 460 g/mol. The van der Waals surface area contributed by atoms with Crippen LogP contribution < -0.4 is 5.73 Å². The Hall–Kier alpha value is -2.84. The number of oxazole rings is 1. The van der Waals surface area contributed by atoms with Crippen molar-refractivity contribution in [3.8, 4) is 0 Å². The van der Waals surface area contributed by atoms with E-state index in [2.05, 4.69) is 18.4 Å². The van der Waals surface area contributed by atoms with Crippen molar-refractivity contribution in [2.24, 2.45) is 17.6 Å². The van der Waals surface area contributed by atoms with Gasteiger partial charge in [0.05, 0.1) is 11.8 Å². The number of benzene rings is 1. The minimum absolute atomic E-state index is 0.413. The van der Waals surface area contributed by atoms with Crippen LogP contribution in [-0.4, -0.2) is 49.5 Å². The van der Waals surface area contributed by atoms with Crippen molar-refractivity contribution in [3.05, 3.63) is 83.9 Å². The topological polar surface area (TPSA) is 92.7 Å². The molecule has 2 aromatic rings. The maximum absolute atomic E-state index is 12.1. The van der Waals surface area contributed by atoms with E-state index in [0.717, 1.165) is 23.7 Å². The first-order chi connectivity index (χ1) is 16.3. The normalized spacial score (nSPS) is 20.3. The van der Waals surface area contributed by atoms with Crippen molar-refractivity contribution < 1.29 is 12.8 Å². The largest absolute Gasteiger partial charge is 0.446 e. The third-order valence-electron chi connectivity index (χ3n) is 6.66. The van der Waals surface area contributed by atoms with Crippen molar-refractivity contribution in [2.75, 3.05) is 26.9 Å². The molecule has 0 aliphatic heterocycles. The van der Waals surface area contributed by atoms with Crippen LogP contribution in [0.25, 0.3) is 5.57 Å². The third kappa shape index (κ3) is 7.08. The summed E-state index contributed by atoms with van der Waals surface area (Å²) in [6, 6.07) is 9.96. The number of likely N-dealkylation sites (N-methyl/N-ethyl adjacent to an activating group) is 1. The Bertz CT molecular complexity index is 1210. The first kappa shape index (κ1) is 26.8. The zero-order valence-electron chi connectivity index (χ0n) is 21.7. The highest BCUT2D eigenvalue weighted by Crippen LogP contribution is 2.38. The van der Waals surface area contributed by atoms with Crippen LogP contribution in [0.3, 0.4) is 0 Å². The van der Waals surface area contributed by atoms with Gasteiger partial charge in [-0.3, -0.25) is 4.31 Å². The average Bonchev–Trinajstić information content (AvgIpc) is 3.24. The van der Waals surface area contributed by atoms with Crippen LogP contribution in [0.2, 0.25) is 0 Å². The maximum Gasteiger partial charge on any atom is 0.231 e. The molecule has 35 heavy (non-hydrogen) atoms. The number of hydrogen-bond donors (Lipinski definition) is 1. The molecule has 2 unspecified atom stereocenters. The Kier molecular flexibility index (Phi) is 7.97. The number of rotatable bonds is 11. The Morgan fingerprint density at radius 1 is 1.29 bits per heavy atom. The van der Waals surface area contributed by atoms with E-state index >= 15 is 0 Å². The molecule has 1 aromatic heterocycles. The van der Waals surface area contributed by atoms with Gasteiger partial charge in [-0.2, -0.15) is 0 Å². The smallest absolute Gasteiger partial charge is 0.231 e. The number of sulfonamides is 1. The van der Waals surface area contributed by atoms with E-state index in [0.29, 0.717) is 35.2 Å². The van der Waals surface area contributed by atoms with Crippen LogP contribution in [0, 0.1) is 11.8 Å². The van der Waals surface area contributed by atoms with Crippen LogP contribution in [0.15, 0.2) is 71.1 Å². The number of nitrogens with zero attached hydrogens (tertiary/aromatic N) is 3. The fraction of sp³-hybridized carbons (Fsp3) is 0.444. The molecule has 1 saturated carbocycles. The maximum atomic E-state index is 12.1. The second kappa shape index (κ2) is 10.4. The molecule has 0 spiro atoms. The van der Waals surface area contributed by atoms with Crippen molar-refractivity contribution in [1.82, 2.24) is 14.2 Å². The zero-order valence-corrected chi connectivity index (χ0v) is 22.5. The summed E-state index contributed by atoms with van der Waals surface area (Å²) in [5.41, 5.74) is 9.51. The lowest BCUT2D eigenvalue weighted by molar-refractivity contribution is 0.351. The van der Waals surface area contributed by atoms with E-state index in [4.69, 9.17) is 15.1 Å². The lowest BCUT2D eigenvalue weighted by atomic mass is 9.94. The Morgan fingerprint density at radius 3 is 2.49 bits per heavy atom. The van der Waals surface area contributed by atoms with E-state index in [9.17, 15) is 8.42 Å². The van der Waals surface area contributed by atoms with E-state index in [1.807, 2.05) is 50.4 Å². The molecule has 0 saturated heterocycles. The van der Waals surface area contributed by atoms with Crippen molar-refractivity contribution >= 4 is 15.6 Å². The molecule has 1 aliphatic carbocycles. The van der Waals surface area contributed by atoms with E-state index in [1.54, 1.807) is 19.3 Å². The van der Waals surface area contributed by atoms with Gasteiger partial charge in [0.15, 0.2) is 0 Å². The van der Waals surface area contributed by atoms with E-state index < -0.39 is 15.6 Å². The molecule has 0 amide bonds. The minimum atomic E-state index is -3.40. The van der Waals surface area contributed by atoms with Crippen molar-refractivity contribution in [1.29, 1.82) is 0 Å². The SMILES string of the molecule is C=C(/C=C(\C=C(/C)N(C)S(C)(=O)=O)c1coc([C@](C)(N)Cc2ccccc2)n1)N(C)CC1CC1C. The van der Waals surface area contributed by atoms with Gasteiger partial charge in [0, 0.05) is 37.6 Å². The van der Waals surface area contributed by atoms with Gasteiger partial charge in [-0.25, -0.2) is 13.4 Å². The predicted octanol–water partition coefficient (Wildman–Crippen LogP) is 4.37. The number of nitrogens with two attached hydrogens (primary N) is 1. The van der Waals surface area contributed by atoms with Crippen LogP contribution in [0.1, 0.15) is 44.3 Å². The van der Waals surface area contributed by atoms with Crippen molar-refractivity contribution in [2.45, 2.75) is 39.2 Å². The molecule has 2 N–H and O–H groups in total. The Labute approximate surface area is 210 Å². The summed E-state index contributed by atoms with van der Waals surface area (Å²) in [6.07, 6.45) is 8.24. The predicted molar refractivity (Wildman–Crippen MR) is 142 cm³/mol. The quantitative estimate of drug-likeness (QED) is 0.463. The van der Waals surface area contributed by atoms with Crippen LogP contribution in [0.4, 0.5) is 0 Å². The van der Waals surface area contributed by atoms with Crippen molar-refractivity contribution in [3.63, 3.8) is 0 Å². The van der Waals surface area contributed by atoms with Crippen LogP contribution in [-0.2, 0) is 22.0 Å². The summed E-state index contributed by atoms with van der Waals surface area (Å²) in [5, 5.41) is 0. The fourth-order valence-electron chi connectivity index (χ4n) is 3.94. The van der Waals surface area contributed by atoms with Gasteiger partial charge < -0.3 is 15.1 Å². The third-order valence-corrected chi connectivity index (χ3v) is 7.94. The molecular formula is C27H38N4O3S. The second-order valence-electron chi connectivity index (χ2n) is 10.1. The first-order valence-corrected chi connectivity index (χ1v) is 13.7. The summed E-state index contributed by atoms with van der Waals surface area (Å²) in [4.78, 5) is 6.84. The summed E-state index contributed by atoms with van der Waals surface area (Å²) < 4.78 is 31.2. The average molecular weight is 499 g/mol. The van der Waals surface area contributed by atoms with Crippen LogP contribution in [0.5, 0.6) is 0 Å². The molecule has 190 valence electrons. The van der Waals surface area contributed by atoms with Gasteiger partial charge >= 0.3 is 0 Å². The number of allylic oxidation sites excluding steroid dienone is 4. The molecule has 1 fully saturated rings. The molecule has 3 atom stereocenters. The zero-order chi connectivity index (χ0) is 26.0. The van der Waals surface area contributed by atoms with Gasteiger partial charge in [-0.1, -0.05) is 43.8 Å².